The second-order valence-electron chi connectivity index (χ2n) is 6.29. The average Bonchev–Trinajstić information content (AvgIpc) is 2.83. The molecule has 6 nitrogen and oxygen atoms in total. The van der Waals surface area contributed by atoms with Crippen molar-refractivity contribution in [1.29, 1.82) is 0 Å². The van der Waals surface area contributed by atoms with Gasteiger partial charge < -0.3 is 0 Å². The van der Waals surface area contributed by atoms with Crippen molar-refractivity contribution < 1.29 is 0 Å². The zero-order chi connectivity index (χ0) is 13.4. The summed E-state index contributed by atoms with van der Waals surface area (Å²) in [6.45, 7) is 11.3. The minimum atomic E-state index is -0.129. The molecule has 2 aromatic heterocycles. The first-order valence-electron chi connectivity index (χ1n) is 6.06. The molecule has 0 aliphatic rings. The zero-order valence-corrected chi connectivity index (χ0v) is 11.6. The van der Waals surface area contributed by atoms with Crippen molar-refractivity contribution in [2.75, 3.05) is 0 Å². The maximum absolute atomic E-state index is 4.22. The Bertz CT molecular complexity index is 503. The molecule has 2 rings (SSSR count). The smallest absolute Gasteiger partial charge is 0.0899 e. The van der Waals surface area contributed by atoms with Crippen LogP contribution in [0.2, 0.25) is 0 Å². The number of rotatable bonds is 3. The summed E-state index contributed by atoms with van der Waals surface area (Å²) in [7, 11) is 0. The van der Waals surface area contributed by atoms with Gasteiger partial charge in [-0.2, -0.15) is 15.4 Å². The fourth-order valence-corrected chi connectivity index (χ4v) is 1.73. The van der Waals surface area contributed by atoms with Gasteiger partial charge in [-0.1, -0.05) is 39.8 Å². The van der Waals surface area contributed by atoms with Gasteiger partial charge in [0.15, 0.2) is 0 Å². The molecule has 18 heavy (non-hydrogen) atoms. The van der Waals surface area contributed by atoms with Crippen LogP contribution >= 0.6 is 0 Å². The summed E-state index contributed by atoms with van der Waals surface area (Å²) in [5.41, 5.74) is 1.82. The minimum Gasteiger partial charge on any atom is -0.251 e. The van der Waals surface area contributed by atoms with Gasteiger partial charge in [-0.05, 0) is 0 Å². The first-order chi connectivity index (χ1) is 8.29. The summed E-state index contributed by atoms with van der Waals surface area (Å²) >= 11 is 0. The third kappa shape index (κ3) is 2.57. The highest BCUT2D eigenvalue weighted by Gasteiger charge is 2.26. The predicted octanol–water partition coefficient (Wildman–Crippen LogP) is 1.67. The van der Waals surface area contributed by atoms with E-state index < -0.39 is 0 Å². The van der Waals surface area contributed by atoms with Crippen LogP contribution in [-0.2, 0) is 17.4 Å². The first kappa shape index (κ1) is 12.7. The Morgan fingerprint density at radius 1 is 1.17 bits per heavy atom. The van der Waals surface area contributed by atoms with Crippen molar-refractivity contribution in [2.45, 2.75) is 52.0 Å². The summed E-state index contributed by atoms with van der Waals surface area (Å²) in [4.78, 5) is 0. The maximum Gasteiger partial charge on any atom is 0.0899 e. The Hall–Kier alpha value is -1.72. The Morgan fingerprint density at radius 2 is 1.89 bits per heavy atom. The Kier molecular flexibility index (Phi) is 2.96. The number of nitrogens with zero attached hydrogens (tertiary/aromatic N) is 5. The SMILES string of the molecule is CC(C)(C)c1cn(CC(C)(C)c2cn[nH]n2)nn1. The molecule has 0 aromatic carbocycles. The molecule has 0 amide bonds. The Morgan fingerprint density at radius 3 is 2.39 bits per heavy atom. The van der Waals surface area contributed by atoms with Gasteiger partial charge in [0.2, 0.25) is 0 Å². The van der Waals surface area contributed by atoms with E-state index in [0.29, 0.717) is 0 Å². The molecule has 0 saturated heterocycles. The minimum absolute atomic E-state index is 0.0241. The number of hydrogen-bond acceptors (Lipinski definition) is 4. The summed E-state index contributed by atoms with van der Waals surface area (Å²) in [6.07, 6.45) is 3.75. The fourth-order valence-electron chi connectivity index (χ4n) is 1.73. The van der Waals surface area contributed by atoms with Crippen LogP contribution in [0.25, 0.3) is 0 Å². The lowest BCUT2D eigenvalue weighted by molar-refractivity contribution is 0.392. The van der Waals surface area contributed by atoms with Crippen molar-refractivity contribution in [3.05, 3.63) is 23.8 Å². The lowest BCUT2D eigenvalue weighted by atomic mass is 9.89. The highest BCUT2D eigenvalue weighted by Crippen LogP contribution is 2.24. The van der Waals surface area contributed by atoms with Crippen molar-refractivity contribution >= 4 is 0 Å². The highest BCUT2D eigenvalue weighted by atomic mass is 15.4. The van der Waals surface area contributed by atoms with Gasteiger partial charge >= 0.3 is 0 Å². The summed E-state index contributed by atoms with van der Waals surface area (Å²) in [6, 6.07) is 0. The van der Waals surface area contributed by atoms with Gasteiger partial charge in [0.1, 0.15) is 0 Å². The fraction of sp³-hybridized carbons (Fsp3) is 0.667. The van der Waals surface area contributed by atoms with Crippen LogP contribution in [0.5, 0.6) is 0 Å². The molecule has 0 saturated carbocycles. The van der Waals surface area contributed by atoms with Crippen LogP contribution in [0.1, 0.15) is 46.0 Å². The average molecular weight is 248 g/mol. The first-order valence-corrected chi connectivity index (χ1v) is 6.06. The van der Waals surface area contributed by atoms with Gasteiger partial charge in [0, 0.05) is 17.0 Å². The molecule has 0 spiro atoms. The molecule has 2 heterocycles. The largest absolute Gasteiger partial charge is 0.251 e. The summed E-state index contributed by atoms with van der Waals surface area (Å²) in [5.74, 6) is 0. The summed E-state index contributed by atoms with van der Waals surface area (Å²) in [5, 5.41) is 19.0. The molecule has 0 aliphatic heterocycles. The third-order valence-electron chi connectivity index (χ3n) is 2.97. The lowest BCUT2D eigenvalue weighted by Crippen LogP contribution is -2.25. The van der Waals surface area contributed by atoms with Gasteiger partial charge in [-0.3, -0.25) is 4.68 Å². The van der Waals surface area contributed by atoms with Crippen LogP contribution in [0.4, 0.5) is 0 Å². The number of nitrogens with one attached hydrogen (secondary N) is 1. The standard InChI is InChI=1S/C12H20N6/c1-11(2,3)10-7-18(17-15-10)8-12(4,5)9-6-13-16-14-9/h6-7H,8H2,1-5H3,(H,13,14,16). The normalized spacial score (nSPS) is 12.9. The molecule has 1 N–H and O–H groups in total. The van der Waals surface area contributed by atoms with E-state index in [9.17, 15) is 0 Å². The van der Waals surface area contributed by atoms with Crippen molar-refractivity contribution in [3.63, 3.8) is 0 Å². The third-order valence-corrected chi connectivity index (χ3v) is 2.97. The number of hydrogen-bond donors (Lipinski definition) is 1. The second-order valence-corrected chi connectivity index (χ2v) is 6.29. The molecule has 0 fully saturated rings. The molecular formula is C12H20N6. The van der Waals surface area contributed by atoms with E-state index in [4.69, 9.17) is 0 Å². The zero-order valence-electron chi connectivity index (χ0n) is 11.6. The van der Waals surface area contributed by atoms with E-state index in [-0.39, 0.29) is 10.8 Å². The molecule has 98 valence electrons. The van der Waals surface area contributed by atoms with Crippen LogP contribution in [0, 0.1) is 0 Å². The molecule has 0 aliphatic carbocycles. The van der Waals surface area contributed by atoms with E-state index >= 15 is 0 Å². The van der Waals surface area contributed by atoms with E-state index in [1.807, 2.05) is 10.9 Å². The van der Waals surface area contributed by atoms with Crippen molar-refractivity contribution in [3.8, 4) is 0 Å². The number of H-pyrrole nitrogens is 1. The van der Waals surface area contributed by atoms with Crippen LogP contribution < -0.4 is 0 Å². The quantitative estimate of drug-likeness (QED) is 0.896. The second kappa shape index (κ2) is 4.19. The van der Waals surface area contributed by atoms with Gasteiger partial charge in [0.05, 0.1) is 24.1 Å². The molecule has 0 unspecified atom stereocenters. The molecular weight excluding hydrogens is 228 g/mol. The topological polar surface area (TPSA) is 72.3 Å². The van der Waals surface area contributed by atoms with Crippen LogP contribution in [0.15, 0.2) is 12.4 Å². The Balaban J connectivity index is 2.17. The van der Waals surface area contributed by atoms with Crippen LogP contribution in [-0.4, -0.2) is 30.4 Å². The summed E-state index contributed by atoms with van der Waals surface area (Å²) < 4.78 is 1.87. The van der Waals surface area contributed by atoms with E-state index in [0.717, 1.165) is 17.9 Å². The van der Waals surface area contributed by atoms with E-state index in [1.54, 1.807) is 6.20 Å². The van der Waals surface area contributed by atoms with Gasteiger partial charge in [-0.15, -0.1) is 5.10 Å². The number of aromatic nitrogens is 6. The molecule has 0 atom stereocenters. The highest BCUT2D eigenvalue weighted by molar-refractivity contribution is 5.10. The molecule has 6 heteroatoms. The van der Waals surface area contributed by atoms with E-state index in [1.165, 1.54) is 0 Å². The van der Waals surface area contributed by atoms with E-state index in [2.05, 4.69) is 60.3 Å². The molecule has 0 radical (unpaired) electrons. The monoisotopic (exact) mass is 248 g/mol. The van der Waals surface area contributed by atoms with Crippen LogP contribution in [0.3, 0.4) is 0 Å². The molecule has 2 aromatic rings. The lowest BCUT2D eigenvalue weighted by Gasteiger charge is -2.21. The van der Waals surface area contributed by atoms with Gasteiger partial charge in [0.25, 0.3) is 0 Å². The van der Waals surface area contributed by atoms with Gasteiger partial charge in [-0.25, -0.2) is 0 Å². The maximum atomic E-state index is 4.22. The van der Waals surface area contributed by atoms with Crippen molar-refractivity contribution in [2.24, 2.45) is 0 Å². The Labute approximate surface area is 107 Å². The van der Waals surface area contributed by atoms with Crippen molar-refractivity contribution in [1.82, 2.24) is 30.4 Å². The molecule has 0 bridgehead atoms. The number of aromatic amines is 1. The predicted molar refractivity (Wildman–Crippen MR) is 68.1 cm³/mol.